The number of carbonyl (C=O) groups excluding carboxylic acids is 3. The summed E-state index contributed by atoms with van der Waals surface area (Å²) < 4.78 is 16.7. The van der Waals surface area contributed by atoms with Crippen LogP contribution in [0.25, 0.3) is 0 Å². The van der Waals surface area contributed by atoms with Crippen molar-refractivity contribution in [1.29, 1.82) is 0 Å². The van der Waals surface area contributed by atoms with Crippen LogP contribution >= 0.6 is 0 Å². The van der Waals surface area contributed by atoms with Crippen LogP contribution in [0.3, 0.4) is 0 Å². The smallest absolute Gasteiger partial charge is 0.306 e. The molecule has 0 aliphatic carbocycles. The van der Waals surface area contributed by atoms with Crippen LogP contribution in [-0.2, 0) is 28.6 Å². The average Bonchev–Trinajstić information content (AvgIpc) is 3.30. The molecule has 0 fully saturated rings. The molecule has 0 saturated heterocycles. The molecule has 0 radical (unpaired) electrons. The Morgan fingerprint density at radius 1 is 0.308 bits per heavy atom. The monoisotopic (exact) mass is 901 g/mol. The summed E-state index contributed by atoms with van der Waals surface area (Å²) in [5.41, 5.74) is 0. The standard InChI is InChI=1S/C59H96O6/c1-4-7-10-13-16-19-22-25-28-29-32-34-37-40-43-46-49-52-58(61)64-55-56(65-59(62)53-50-47-44-41-38-35-31-27-24-21-18-15-12-9-6-3)54-63-57(60)51-48-45-42-39-36-33-30-26-23-20-17-14-11-8-5-2/h16-21,25-28,30-32,34,38,40-41,43,56H,4-15,22-24,29,33,35-37,39,42,44-55H2,1-3H3/b19-16-,20-17-,21-18-,28-25-,30-26-,31-27-,34-32-,41-38-,43-40-/t56-/m1/s1. The van der Waals surface area contributed by atoms with Gasteiger partial charge in [-0.25, -0.2) is 0 Å². The third-order valence-electron chi connectivity index (χ3n) is 10.7. The lowest BCUT2D eigenvalue weighted by atomic mass is 10.1. The van der Waals surface area contributed by atoms with Gasteiger partial charge in [-0.15, -0.1) is 0 Å². The molecule has 0 saturated carbocycles. The Morgan fingerprint density at radius 3 is 0.954 bits per heavy atom. The first-order valence-electron chi connectivity index (χ1n) is 26.4. The van der Waals surface area contributed by atoms with Gasteiger partial charge in [0.05, 0.1) is 0 Å². The molecule has 65 heavy (non-hydrogen) atoms. The molecule has 368 valence electrons. The van der Waals surface area contributed by atoms with Crippen LogP contribution in [0.2, 0.25) is 0 Å². The second-order valence-electron chi connectivity index (χ2n) is 17.1. The number of unbranched alkanes of at least 4 members (excludes halogenated alkanes) is 17. The highest BCUT2D eigenvalue weighted by molar-refractivity contribution is 5.71. The molecule has 6 nitrogen and oxygen atoms in total. The lowest BCUT2D eigenvalue weighted by molar-refractivity contribution is -0.167. The average molecular weight is 901 g/mol. The topological polar surface area (TPSA) is 78.9 Å². The molecule has 0 bridgehead atoms. The molecule has 0 aliphatic rings. The predicted molar refractivity (Wildman–Crippen MR) is 279 cm³/mol. The molecule has 0 aromatic rings. The largest absolute Gasteiger partial charge is 0.462 e. The van der Waals surface area contributed by atoms with Crippen molar-refractivity contribution in [3.8, 4) is 0 Å². The quantitative estimate of drug-likeness (QED) is 0.0262. The number of allylic oxidation sites excluding steroid dienone is 18. The van der Waals surface area contributed by atoms with Gasteiger partial charge in [-0.2, -0.15) is 0 Å². The summed E-state index contributed by atoms with van der Waals surface area (Å²) in [6.45, 7) is 6.45. The molecular weight excluding hydrogens is 805 g/mol. The Hall–Kier alpha value is -3.93. The van der Waals surface area contributed by atoms with Gasteiger partial charge in [0.25, 0.3) is 0 Å². The number of hydrogen-bond acceptors (Lipinski definition) is 6. The van der Waals surface area contributed by atoms with E-state index >= 15 is 0 Å². The van der Waals surface area contributed by atoms with E-state index in [0.29, 0.717) is 19.3 Å². The van der Waals surface area contributed by atoms with E-state index in [-0.39, 0.29) is 44.0 Å². The first kappa shape index (κ1) is 61.1. The Balaban J connectivity index is 4.58. The minimum Gasteiger partial charge on any atom is -0.462 e. The van der Waals surface area contributed by atoms with E-state index < -0.39 is 6.10 Å². The zero-order valence-corrected chi connectivity index (χ0v) is 42.0. The van der Waals surface area contributed by atoms with Crippen LogP contribution in [0.15, 0.2) is 109 Å². The summed E-state index contributed by atoms with van der Waals surface area (Å²) in [4.78, 5) is 38.0. The van der Waals surface area contributed by atoms with E-state index in [0.717, 1.165) is 96.3 Å². The Kier molecular flexibility index (Phi) is 49.5. The zero-order chi connectivity index (χ0) is 47.2. The van der Waals surface area contributed by atoms with Gasteiger partial charge >= 0.3 is 17.9 Å². The van der Waals surface area contributed by atoms with Crippen molar-refractivity contribution >= 4 is 17.9 Å². The van der Waals surface area contributed by atoms with Crippen molar-refractivity contribution in [1.82, 2.24) is 0 Å². The summed E-state index contributed by atoms with van der Waals surface area (Å²) in [6.07, 6.45) is 70.7. The van der Waals surface area contributed by atoms with Crippen LogP contribution in [0.1, 0.15) is 226 Å². The first-order chi connectivity index (χ1) is 32.0. The second kappa shape index (κ2) is 52.7. The molecule has 0 rings (SSSR count). The van der Waals surface area contributed by atoms with Gasteiger partial charge in [0.15, 0.2) is 6.10 Å². The summed E-state index contributed by atoms with van der Waals surface area (Å²) in [5.74, 6) is -1.03. The molecule has 0 heterocycles. The lowest BCUT2D eigenvalue weighted by Crippen LogP contribution is -2.30. The Bertz CT molecular complexity index is 1360. The van der Waals surface area contributed by atoms with E-state index in [9.17, 15) is 14.4 Å². The highest BCUT2D eigenvalue weighted by atomic mass is 16.6. The van der Waals surface area contributed by atoms with E-state index in [2.05, 4.69) is 130 Å². The van der Waals surface area contributed by atoms with E-state index in [1.165, 1.54) is 77.0 Å². The zero-order valence-electron chi connectivity index (χ0n) is 42.0. The van der Waals surface area contributed by atoms with E-state index in [1.807, 2.05) is 0 Å². The van der Waals surface area contributed by atoms with E-state index in [1.54, 1.807) is 0 Å². The van der Waals surface area contributed by atoms with Crippen molar-refractivity contribution in [3.05, 3.63) is 109 Å². The van der Waals surface area contributed by atoms with Crippen LogP contribution in [0.4, 0.5) is 0 Å². The van der Waals surface area contributed by atoms with Gasteiger partial charge in [-0.3, -0.25) is 14.4 Å². The highest BCUT2D eigenvalue weighted by Gasteiger charge is 2.19. The van der Waals surface area contributed by atoms with Crippen LogP contribution in [-0.4, -0.2) is 37.2 Å². The molecule has 1 atom stereocenters. The third kappa shape index (κ3) is 50.9. The maximum Gasteiger partial charge on any atom is 0.306 e. The summed E-state index contributed by atoms with van der Waals surface area (Å²) in [6, 6.07) is 0. The summed E-state index contributed by atoms with van der Waals surface area (Å²) >= 11 is 0. The number of ether oxygens (including phenoxy) is 3. The van der Waals surface area contributed by atoms with Crippen molar-refractivity contribution in [2.45, 2.75) is 232 Å². The normalized spacial score (nSPS) is 13.0. The first-order valence-corrected chi connectivity index (χ1v) is 26.4. The molecule has 0 amide bonds. The van der Waals surface area contributed by atoms with Gasteiger partial charge in [0.2, 0.25) is 0 Å². The molecule has 0 aromatic carbocycles. The summed E-state index contributed by atoms with van der Waals surface area (Å²) in [7, 11) is 0. The maximum absolute atomic E-state index is 12.8. The lowest BCUT2D eigenvalue weighted by Gasteiger charge is -2.18. The van der Waals surface area contributed by atoms with Crippen LogP contribution in [0.5, 0.6) is 0 Å². The third-order valence-corrected chi connectivity index (χ3v) is 10.7. The molecule has 0 aliphatic heterocycles. The van der Waals surface area contributed by atoms with Crippen molar-refractivity contribution in [2.24, 2.45) is 0 Å². The van der Waals surface area contributed by atoms with Gasteiger partial charge in [0, 0.05) is 19.3 Å². The molecular formula is C59H96O6. The van der Waals surface area contributed by atoms with Crippen LogP contribution < -0.4 is 0 Å². The van der Waals surface area contributed by atoms with Gasteiger partial charge in [0.1, 0.15) is 13.2 Å². The minimum absolute atomic E-state index is 0.120. The van der Waals surface area contributed by atoms with Crippen LogP contribution in [0, 0.1) is 0 Å². The van der Waals surface area contributed by atoms with Crippen molar-refractivity contribution in [3.63, 3.8) is 0 Å². The maximum atomic E-state index is 12.8. The molecule has 0 N–H and O–H groups in total. The number of hydrogen-bond donors (Lipinski definition) is 0. The number of rotatable bonds is 46. The fourth-order valence-corrected chi connectivity index (χ4v) is 6.70. The molecule has 0 unspecified atom stereocenters. The summed E-state index contributed by atoms with van der Waals surface area (Å²) in [5, 5.41) is 0. The fraction of sp³-hybridized carbons (Fsp3) is 0.644. The number of carbonyl (C=O) groups is 3. The predicted octanol–water partition coefficient (Wildman–Crippen LogP) is 17.5. The molecule has 0 spiro atoms. The SMILES string of the molecule is CCCCC/C=C\C/C=C\C/C=C\C/C=C\CCCC(=O)OC[C@@H](COC(=O)CCCCCCC/C=C\C/C=C\CCCCC)OC(=O)CCCC/C=C\C/C=C\C/C=C\CCCCC. The minimum atomic E-state index is -0.827. The fourth-order valence-electron chi connectivity index (χ4n) is 6.70. The molecule has 6 heteroatoms. The van der Waals surface area contributed by atoms with Crippen molar-refractivity contribution < 1.29 is 28.6 Å². The van der Waals surface area contributed by atoms with Gasteiger partial charge < -0.3 is 14.2 Å². The van der Waals surface area contributed by atoms with E-state index in [4.69, 9.17) is 14.2 Å². The van der Waals surface area contributed by atoms with Gasteiger partial charge in [-0.05, 0) is 128 Å². The highest BCUT2D eigenvalue weighted by Crippen LogP contribution is 2.11. The second-order valence-corrected chi connectivity index (χ2v) is 17.1. The molecule has 0 aromatic heterocycles. The Labute approximate surface area is 400 Å². The number of esters is 3. The van der Waals surface area contributed by atoms with Gasteiger partial charge in [-0.1, -0.05) is 188 Å². The van der Waals surface area contributed by atoms with Crippen molar-refractivity contribution in [2.75, 3.05) is 13.2 Å². The Morgan fingerprint density at radius 2 is 0.569 bits per heavy atom.